The van der Waals surface area contributed by atoms with Crippen LogP contribution in [0.15, 0.2) is 29.4 Å². The minimum atomic E-state index is -0.451. The van der Waals surface area contributed by atoms with Crippen molar-refractivity contribution in [3.63, 3.8) is 0 Å². The molecule has 1 amide bonds. The highest BCUT2D eigenvalue weighted by molar-refractivity contribution is 8.00. The highest BCUT2D eigenvalue weighted by atomic mass is 32.2. The largest absolute Gasteiger partial charge is 0.323 e. The molecule has 0 fully saturated rings. The van der Waals surface area contributed by atoms with Crippen molar-refractivity contribution in [1.29, 1.82) is 0 Å². The van der Waals surface area contributed by atoms with Crippen molar-refractivity contribution in [1.82, 2.24) is 14.8 Å². The van der Waals surface area contributed by atoms with Crippen molar-refractivity contribution in [2.45, 2.75) is 24.3 Å². The van der Waals surface area contributed by atoms with Crippen molar-refractivity contribution in [3.05, 3.63) is 35.9 Å². The van der Waals surface area contributed by atoms with E-state index in [1.54, 1.807) is 23.6 Å². The Morgan fingerprint density at radius 3 is 2.70 bits per heavy atom. The first-order valence-electron chi connectivity index (χ1n) is 6.07. The molecule has 7 heteroatoms. The van der Waals surface area contributed by atoms with Crippen LogP contribution >= 0.6 is 11.8 Å². The molecule has 1 aromatic heterocycles. The van der Waals surface area contributed by atoms with Gasteiger partial charge in [-0.2, -0.15) is 0 Å². The number of carbonyl (C=O) groups excluding carboxylic acids is 1. The molecule has 1 N–H and O–H groups in total. The third-order valence-electron chi connectivity index (χ3n) is 2.84. The van der Waals surface area contributed by atoms with Gasteiger partial charge in [0.2, 0.25) is 5.91 Å². The number of hydrogen-bond acceptors (Lipinski definition) is 4. The Kier molecular flexibility index (Phi) is 4.39. The van der Waals surface area contributed by atoms with Crippen molar-refractivity contribution in [2.75, 3.05) is 5.32 Å². The third-order valence-corrected chi connectivity index (χ3v) is 3.97. The number of halogens is 1. The van der Waals surface area contributed by atoms with Crippen LogP contribution in [0.2, 0.25) is 0 Å². The summed E-state index contributed by atoms with van der Waals surface area (Å²) in [4.78, 5) is 12.0. The molecule has 106 valence electrons. The maximum absolute atomic E-state index is 13.5. The Hall–Kier alpha value is -1.89. The molecule has 0 spiro atoms. The van der Waals surface area contributed by atoms with Crippen molar-refractivity contribution in [3.8, 4) is 0 Å². The molecule has 20 heavy (non-hydrogen) atoms. The molecule has 0 saturated heterocycles. The van der Waals surface area contributed by atoms with E-state index >= 15 is 0 Å². The number of anilines is 1. The van der Waals surface area contributed by atoms with Gasteiger partial charge in [-0.3, -0.25) is 4.79 Å². The summed E-state index contributed by atoms with van der Waals surface area (Å²) in [6, 6.07) is 6.07. The minimum absolute atomic E-state index is 0.180. The van der Waals surface area contributed by atoms with Crippen LogP contribution in [0.3, 0.4) is 0 Å². The molecule has 0 bridgehead atoms. The maximum Gasteiger partial charge on any atom is 0.237 e. The molecule has 2 rings (SSSR count). The van der Waals surface area contributed by atoms with E-state index in [0.717, 1.165) is 5.82 Å². The number of aryl methyl sites for hydroxylation is 1. The van der Waals surface area contributed by atoms with E-state index in [1.165, 1.54) is 23.9 Å². The first kappa shape index (κ1) is 14.5. The number of carbonyl (C=O) groups is 1. The summed E-state index contributed by atoms with van der Waals surface area (Å²) < 4.78 is 15.3. The van der Waals surface area contributed by atoms with Crippen LogP contribution in [-0.4, -0.2) is 25.9 Å². The molecule has 0 aliphatic heterocycles. The minimum Gasteiger partial charge on any atom is -0.323 e. The first-order valence-corrected chi connectivity index (χ1v) is 6.95. The molecule has 0 saturated carbocycles. The fourth-order valence-electron chi connectivity index (χ4n) is 1.50. The van der Waals surface area contributed by atoms with Crippen LogP contribution in [0.25, 0.3) is 0 Å². The maximum atomic E-state index is 13.5. The zero-order valence-corrected chi connectivity index (χ0v) is 12.2. The average molecular weight is 294 g/mol. The van der Waals surface area contributed by atoms with E-state index in [2.05, 4.69) is 15.5 Å². The van der Waals surface area contributed by atoms with Gasteiger partial charge in [-0.1, -0.05) is 23.9 Å². The fourth-order valence-corrected chi connectivity index (χ4v) is 2.36. The predicted molar refractivity (Wildman–Crippen MR) is 76.1 cm³/mol. The van der Waals surface area contributed by atoms with Gasteiger partial charge in [0, 0.05) is 7.05 Å². The second-order valence-electron chi connectivity index (χ2n) is 4.32. The highest BCUT2D eigenvalue weighted by Gasteiger charge is 2.18. The van der Waals surface area contributed by atoms with Gasteiger partial charge in [0.1, 0.15) is 11.6 Å². The van der Waals surface area contributed by atoms with E-state index in [-0.39, 0.29) is 11.6 Å². The quantitative estimate of drug-likeness (QED) is 0.880. The molecule has 1 heterocycles. The van der Waals surface area contributed by atoms with Crippen LogP contribution in [0.5, 0.6) is 0 Å². The van der Waals surface area contributed by atoms with Gasteiger partial charge < -0.3 is 9.88 Å². The topological polar surface area (TPSA) is 59.8 Å². The lowest BCUT2D eigenvalue weighted by atomic mass is 10.3. The number of nitrogens with one attached hydrogen (secondary N) is 1. The van der Waals surface area contributed by atoms with E-state index in [0.29, 0.717) is 5.16 Å². The summed E-state index contributed by atoms with van der Waals surface area (Å²) in [5.41, 5.74) is 0.180. The molecule has 5 nitrogen and oxygen atoms in total. The zero-order valence-electron chi connectivity index (χ0n) is 11.4. The molecule has 0 aliphatic carbocycles. The van der Waals surface area contributed by atoms with Gasteiger partial charge in [-0.05, 0) is 26.0 Å². The average Bonchev–Trinajstić information content (AvgIpc) is 2.73. The van der Waals surface area contributed by atoms with Gasteiger partial charge in [0.25, 0.3) is 0 Å². The SMILES string of the molecule is Cc1nnc(S[C@H](C)C(=O)Nc2ccccc2F)n1C. The van der Waals surface area contributed by atoms with E-state index in [4.69, 9.17) is 0 Å². The van der Waals surface area contributed by atoms with E-state index in [1.807, 2.05) is 14.0 Å². The van der Waals surface area contributed by atoms with Crippen molar-refractivity contribution in [2.24, 2.45) is 7.05 Å². The Labute approximate surface area is 120 Å². The number of para-hydroxylation sites is 1. The smallest absolute Gasteiger partial charge is 0.237 e. The Morgan fingerprint density at radius 2 is 2.10 bits per heavy atom. The fraction of sp³-hybridized carbons (Fsp3) is 0.308. The molecule has 1 atom stereocenters. The van der Waals surface area contributed by atoms with Crippen LogP contribution in [0, 0.1) is 12.7 Å². The summed E-state index contributed by atoms with van der Waals surface area (Å²) in [7, 11) is 1.83. The monoisotopic (exact) mass is 294 g/mol. The first-order chi connectivity index (χ1) is 9.49. The van der Waals surface area contributed by atoms with Gasteiger partial charge >= 0.3 is 0 Å². The lowest BCUT2D eigenvalue weighted by Crippen LogP contribution is -2.23. The normalized spacial score (nSPS) is 12.2. The second kappa shape index (κ2) is 6.04. The molecule has 2 aromatic rings. The Balaban J connectivity index is 2.03. The molecule has 0 unspecified atom stereocenters. The van der Waals surface area contributed by atoms with Crippen LogP contribution in [0.1, 0.15) is 12.7 Å². The number of benzene rings is 1. The summed E-state index contributed by atoms with van der Waals surface area (Å²) in [5, 5.41) is 10.7. The molecule has 0 aliphatic rings. The number of nitrogens with zero attached hydrogens (tertiary/aromatic N) is 3. The van der Waals surface area contributed by atoms with Crippen molar-refractivity contribution < 1.29 is 9.18 Å². The van der Waals surface area contributed by atoms with Crippen LogP contribution in [-0.2, 0) is 11.8 Å². The summed E-state index contributed by atoms with van der Waals surface area (Å²) in [6.07, 6.45) is 0. The Bertz CT molecular complexity index is 629. The number of thioether (sulfide) groups is 1. The van der Waals surface area contributed by atoms with Gasteiger partial charge in [0.05, 0.1) is 10.9 Å². The molecule has 0 radical (unpaired) electrons. The predicted octanol–water partition coefficient (Wildman–Crippen LogP) is 2.38. The molecular formula is C13H15FN4OS. The lowest BCUT2D eigenvalue weighted by Gasteiger charge is -2.11. The number of aromatic nitrogens is 3. The second-order valence-corrected chi connectivity index (χ2v) is 5.63. The number of rotatable bonds is 4. The Morgan fingerprint density at radius 1 is 1.40 bits per heavy atom. The third kappa shape index (κ3) is 3.16. The number of amides is 1. The number of hydrogen-bond donors (Lipinski definition) is 1. The van der Waals surface area contributed by atoms with Crippen LogP contribution in [0.4, 0.5) is 10.1 Å². The standard InChI is InChI=1S/C13H15FN4OS/c1-8(20-13-17-16-9(2)18(13)3)12(19)15-11-7-5-4-6-10(11)14/h4-8H,1-3H3,(H,15,19)/t8-/m1/s1. The molecule has 1 aromatic carbocycles. The van der Waals surface area contributed by atoms with E-state index < -0.39 is 11.1 Å². The van der Waals surface area contributed by atoms with E-state index in [9.17, 15) is 9.18 Å². The summed E-state index contributed by atoms with van der Waals surface area (Å²) in [5.74, 6) is 0.0440. The van der Waals surface area contributed by atoms with Gasteiger partial charge in [-0.25, -0.2) is 4.39 Å². The highest BCUT2D eigenvalue weighted by Crippen LogP contribution is 2.23. The van der Waals surface area contributed by atoms with Crippen LogP contribution < -0.4 is 5.32 Å². The van der Waals surface area contributed by atoms with Gasteiger partial charge in [0.15, 0.2) is 5.16 Å². The zero-order chi connectivity index (χ0) is 14.7. The van der Waals surface area contributed by atoms with Crippen molar-refractivity contribution >= 4 is 23.4 Å². The summed E-state index contributed by atoms with van der Waals surface area (Å²) in [6.45, 7) is 3.58. The summed E-state index contributed by atoms with van der Waals surface area (Å²) >= 11 is 1.28. The van der Waals surface area contributed by atoms with Gasteiger partial charge in [-0.15, -0.1) is 10.2 Å². The molecular weight excluding hydrogens is 279 g/mol. The lowest BCUT2D eigenvalue weighted by molar-refractivity contribution is -0.115.